The van der Waals surface area contributed by atoms with E-state index in [1.54, 1.807) is 12.1 Å². The lowest BCUT2D eigenvalue weighted by atomic mass is 10.1. The summed E-state index contributed by atoms with van der Waals surface area (Å²) in [6.07, 6.45) is 1.34. The Labute approximate surface area is 126 Å². The number of aromatic nitrogens is 2. The second-order valence-corrected chi connectivity index (χ2v) is 5.11. The van der Waals surface area contributed by atoms with Crippen LogP contribution >= 0.6 is 0 Å². The average molecular weight is 293 g/mol. The molecule has 22 heavy (non-hydrogen) atoms. The lowest BCUT2D eigenvalue weighted by Crippen LogP contribution is -2.12. The highest BCUT2D eigenvalue weighted by Gasteiger charge is 2.03. The Morgan fingerprint density at radius 2 is 2.00 bits per heavy atom. The first kappa shape index (κ1) is 13.9. The molecule has 1 aromatic heterocycles. The van der Waals surface area contributed by atoms with E-state index in [2.05, 4.69) is 9.97 Å². The number of phenolic OH excluding ortho intramolecular Hbond substituents is 1. The van der Waals surface area contributed by atoms with Crippen LogP contribution in [0.15, 0.2) is 48.7 Å². The Bertz CT molecular complexity index is 943. The number of hydrogen-bond acceptors (Lipinski definition) is 3. The predicted octanol–water partition coefficient (Wildman–Crippen LogP) is 2.95. The Kier molecular flexibility index (Phi) is 3.39. The summed E-state index contributed by atoms with van der Waals surface area (Å²) in [7, 11) is 0. The van der Waals surface area contributed by atoms with Gasteiger partial charge in [-0.2, -0.15) is 0 Å². The van der Waals surface area contributed by atoms with E-state index in [4.69, 9.17) is 5.73 Å². The standard InChI is InChI=1S/C17H15N3O2/c1-10-5-6-11-8-12-3-2-4-15(21)16(12)19-9-14(17(18)22)20-13(11)7-10/h2-9,20-21H,1H3,(H2,18,22). The minimum Gasteiger partial charge on any atom is -0.506 e. The van der Waals surface area contributed by atoms with Gasteiger partial charge in [0, 0.05) is 10.9 Å². The third kappa shape index (κ3) is 2.56. The van der Waals surface area contributed by atoms with Crippen LogP contribution < -0.4 is 5.73 Å². The first-order valence-corrected chi connectivity index (χ1v) is 6.80. The number of carbonyl (C=O) groups excluding carboxylic acids is 1. The van der Waals surface area contributed by atoms with Crippen molar-refractivity contribution >= 4 is 27.7 Å². The minimum atomic E-state index is -0.616. The fraction of sp³-hybridized carbons (Fsp3) is 0.0588. The van der Waals surface area contributed by atoms with E-state index in [1.165, 1.54) is 6.20 Å². The minimum absolute atomic E-state index is 0.0457. The summed E-state index contributed by atoms with van der Waals surface area (Å²) in [5.74, 6) is -0.570. The highest BCUT2D eigenvalue weighted by Crippen LogP contribution is 2.23. The molecule has 1 heterocycles. The van der Waals surface area contributed by atoms with Crippen molar-refractivity contribution < 1.29 is 9.90 Å². The molecule has 5 nitrogen and oxygen atoms in total. The van der Waals surface area contributed by atoms with Gasteiger partial charge in [0.05, 0.1) is 6.20 Å². The number of benzene rings is 2. The van der Waals surface area contributed by atoms with Gasteiger partial charge >= 0.3 is 0 Å². The predicted molar refractivity (Wildman–Crippen MR) is 86.1 cm³/mol. The zero-order valence-electron chi connectivity index (χ0n) is 12.0. The zero-order valence-corrected chi connectivity index (χ0v) is 12.0. The highest BCUT2D eigenvalue weighted by molar-refractivity contribution is 5.94. The Morgan fingerprint density at radius 1 is 1.18 bits per heavy atom. The molecule has 0 aliphatic rings. The van der Waals surface area contributed by atoms with Crippen molar-refractivity contribution in [3.05, 3.63) is 59.9 Å². The molecule has 0 atom stereocenters. The van der Waals surface area contributed by atoms with E-state index in [1.807, 2.05) is 37.3 Å². The summed E-state index contributed by atoms with van der Waals surface area (Å²) < 4.78 is 0. The van der Waals surface area contributed by atoms with Gasteiger partial charge in [-0.25, -0.2) is 4.98 Å². The number of H-pyrrole nitrogens is 1. The first-order valence-electron chi connectivity index (χ1n) is 6.80. The topological polar surface area (TPSA) is 92.0 Å². The van der Waals surface area contributed by atoms with Gasteiger partial charge in [-0.1, -0.05) is 24.3 Å². The second-order valence-electron chi connectivity index (χ2n) is 5.11. The number of primary amides is 1. The number of hydrogen-bond donors (Lipinski definition) is 3. The third-order valence-electron chi connectivity index (χ3n) is 3.42. The molecule has 5 heteroatoms. The summed E-state index contributed by atoms with van der Waals surface area (Å²) in [5.41, 5.74) is 7.76. The van der Waals surface area contributed by atoms with Gasteiger partial charge in [-0.15, -0.1) is 0 Å². The second kappa shape index (κ2) is 5.37. The molecule has 0 unspecified atom stereocenters. The fourth-order valence-corrected chi connectivity index (χ4v) is 2.31. The monoisotopic (exact) mass is 293 g/mol. The molecule has 0 fully saturated rings. The van der Waals surface area contributed by atoms with Crippen molar-refractivity contribution in [1.82, 2.24) is 9.97 Å². The molecule has 110 valence electrons. The van der Waals surface area contributed by atoms with Gasteiger partial charge in [0.25, 0.3) is 5.91 Å². The van der Waals surface area contributed by atoms with Crippen molar-refractivity contribution in [3.8, 4) is 5.75 Å². The summed E-state index contributed by atoms with van der Waals surface area (Å²) >= 11 is 0. The zero-order chi connectivity index (χ0) is 15.7. The smallest absolute Gasteiger partial charge is 0.266 e. The number of phenols is 1. The molecule has 3 aromatic rings. The van der Waals surface area contributed by atoms with Crippen LogP contribution in [0.2, 0.25) is 0 Å². The van der Waals surface area contributed by atoms with Gasteiger partial charge in [0.1, 0.15) is 17.0 Å². The van der Waals surface area contributed by atoms with Crippen molar-refractivity contribution in [3.63, 3.8) is 0 Å². The summed E-state index contributed by atoms with van der Waals surface area (Å²) in [6, 6.07) is 12.9. The number of nitrogens with two attached hydrogens (primary N) is 1. The van der Waals surface area contributed by atoms with Crippen LogP contribution in [0.4, 0.5) is 0 Å². The molecule has 4 N–H and O–H groups in total. The molecular weight excluding hydrogens is 278 g/mol. The maximum absolute atomic E-state index is 11.6. The molecule has 0 aliphatic carbocycles. The van der Waals surface area contributed by atoms with Crippen molar-refractivity contribution in [2.24, 2.45) is 5.73 Å². The first-order chi connectivity index (χ1) is 10.5. The van der Waals surface area contributed by atoms with E-state index in [-0.39, 0.29) is 11.4 Å². The largest absolute Gasteiger partial charge is 0.506 e. The van der Waals surface area contributed by atoms with E-state index in [9.17, 15) is 9.90 Å². The van der Waals surface area contributed by atoms with E-state index >= 15 is 0 Å². The van der Waals surface area contributed by atoms with Gasteiger partial charge in [0.2, 0.25) is 0 Å². The number of carbonyl (C=O) groups is 1. The van der Waals surface area contributed by atoms with Crippen LogP contribution in [-0.4, -0.2) is 21.0 Å². The van der Waals surface area contributed by atoms with Crippen molar-refractivity contribution in [1.29, 1.82) is 0 Å². The molecule has 0 saturated heterocycles. The maximum Gasteiger partial charge on any atom is 0.266 e. The quantitative estimate of drug-likeness (QED) is 0.644. The fourth-order valence-electron chi connectivity index (χ4n) is 2.31. The van der Waals surface area contributed by atoms with Gasteiger partial charge in [-0.05, 0) is 36.1 Å². The lowest BCUT2D eigenvalue weighted by molar-refractivity contribution is 0.0995. The van der Waals surface area contributed by atoms with E-state index in [0.717, 1.165) is 21.9 Å². The SMILES string of the molecule is Cc1ccc2cc3cccc(O)c3ncc(C(N)=O)[nH]c2c1. The average Bonchev–Trinajstić information content (AvgIpc) is 2.54. The molecular formula is C17H15N3O2. The number of aryl methyl sites for hydroxylation is 1. The van der Waals surface area contributed by atoms with Crippen LogP contribution in [0, 0.1) is 6.92 Å². The maximum atomic E-state index is 11.6. The van der Waals surface area contributed by atoms with E-state index in [0.29, 0.717) is 5.52 Å². The lowest BCUT2D eigenvalue weighted by Gasteiger charge is -1.98. The number of aromatic hydroxyl groups is 1. The normalized spacial score (nSPS) is 10.6. The number of nitrogens with one attached hydrogen (secondary N) is 1. The van der Waals surface area contributed by atoms with Crippen LogP contribution in [0.25, 0.3) is 21.8 Å². The highest BCUT2D eigenvalue weighted by atomic mass is 16.3. The molecule has 0 aliphatic heterocycles. The van der Waals surface area contributed by atoms with Crippen LogP contribution in [-0.2, 0) is 0 Å². The molecule has 0 radical (unpaired) electrons. The summed E-state index contributed by atoms with van der Waals surface area (Å²) in [4.78, 5) is 18.8. The van der Waals surface area contributed by atoms with Gasteiger partial charge < -0.3 is 15.8 Å². The molecule has 0 spiro atoms. The summed E-state index contributed by atoms with van der Waals surface area (Å²) in [6.45, 7) is 1.96. The number of fused-ring (bicyclic) bond motifs is 2. The number of para-hydroxylation sites is 1. The summed E-state index contributed by atoms with van der Waals surface area (Å²) in [5, 5.41) is 11.6. The molecule has 0 bridgehead atoms. The van der Waals surface area contributed by atoms with Gasteiger partial charge in [0.15, 0.2) is 0 Å². The third-order valence-corrected chi connectivity index (χ3v) is 3.42. The number of nitrogens with zero attached hydrogens (tertiary/aromatic N) is 1. The molecule has 1 amide bonds. The van der Waals surface area contributed by atoms with Crippen LogP contribution in [0.5, 0.6) is 5.75 Å². The molecule has 2 aromatic carbocycles. The Hall–Kier alpha value is -3.08. The number of aromatic amines is 1. The van der Waals surface area contributed by atoms with E-state index < -0.39 is 5.91 Å². The Balaban J connectivity index is 2.56. The van der Waals surface area contributed by atoms with Crippen LogP contribution in [0.1, 0.15) is 16.1 Å². The van der Waals surface area contributed by atoms with Crippen molar-refractivity contribution in [2.45, 2.75) is 6.92 Å². The van der Waals surface area contributed by atoms with Crippen LogP contribution in [0.3, 0.4) is 0 Å². The molecule has 0 saturated carbocycles. The van der Waals surface area contributed by atoms with Crippen molar-refractivity contribution in [2.75, 3.05) is 0 Å². The Morgan fingerprint density at radius 3 is 2.77 bits per heavy atom. The molecule has 3 rings (SSSR count). The number of amides is 1. The van der Waals surface area contributed by atoms with Gasteiger partial charge in [-0.3, -0.25) is 4.79 Å². The number of rotatable bonds is 1.